The molecule has 1 aromatic heterocycles. The van der Waals surface area contributed by atoms with E-state index in [-0.39, 0.29) is 6.04 Å². The summed E-state index contributed by atoms with van der Waals surface area (Å²) in [6, 6.07) is -0.154. The average molecular weight is 155 g/mol. The van der Waals surface area contributed by atoms with E-state index in [0.717, 1.165) is 23.0 Å². The molecule has 2 N–H and O–H groups in total. The van der Waals surface area contributed by atoms with Gasteiger partial charge in [0.1, 0.15) is 0 Å². The van der Waals surface area contributed by atoms with Crippen molar-refractivity contribution in [3.05, 3.63) is 24.0 Å². The van der Waals surface area contributed by atoms with E-state index in [1.165, 1.54) is 0 Å². The first-order valence-corrected chi connectivity index (χ1v) is 3.63. The summed E-state index contributed by atoms with van der Waals surface area (Å²) >= 11 is 1.16. The summed E-state index contributed by atoms with van der Waals surface area (Å²) in [5.41, 5.74) is 7.40. The third kappa shape index (κ3) is 1.40. The van der Waals surface area contributed by atoms with Gasteiger partial charge in [0.2, 0.25) is 0 Å². The molecule has 3 nitrogen and oxygen atoms in total. The first-order chi connectivity index (χ1) is 4.72. The van der Waals surface area contributed by atoms with E-state index >= 15 is 0 Å². The lowest BCUT2D eigenvalue weighted by Gasteiger charge is -2.04. The zero-order valence-electron chi connectivity index (χ0n) is 5.74. The number of aromatic nitrogens is 2. The molecule has 1 unspecified atom stereocenters. The highest BCUT2D eigenvalue weighted by molar-refractivity contribution is 6.99. The maximum Gasteiger partial charge on any atom is 0.0951 e. The van der Waals surface area contributed by atoms with E-state index in [4.69, 9.17) is 5.73 Å². The monoisotopic (exact) mass is 155 g/mol. The van der Waals surface area contributed by atoms with Gasteiger partial charge < -0.3 is 5.73 Å². The van der Waals surface area contributed by atoms with Crippen molar-refractivity contribution >= 4 is 11.7 Å². The molecule has 0 aliphatic rings. The Morgan fingerprint density at radius 2 is 2.60 bits per heavy atom. The summed E-state index contributed by atoms with van der Waals surface area (Å²) in [5.74, 6) is 0. The van der Waals surface area contributed by atoms with Gasteiger partial charge in [0.25, 0.3) is 0 Å². The molecule has 0 amide bonds. The predicted molar refractivity (Wildman–Crippen MR) is 41.7 cm³/mol. The topological polar surface area (TPSA) is 51.8 Å². The molecule has 1 aromatic rings. The molecule has 4 heteroatoms. The van der Waals surface area contributed by atoms with Crippen LogP contribution in [-0.4, -0.2) is 8.75 Å². The molecule has 0 aliphatic heterocycles. The number of hydrogen-bond acceptors (Lipinski definition) is 4. The normalized spacial score (nSPS) is 13.0. The number of nitrogens with zero attached hydrogens (tertiary/aromatic N) is 2. The highest BCUT2D eigenvalue weighted by Crippen LogP contribution is 2.13. The van der Waals surface area contributed by atoms with Crippen LogP contribution in [0.5, 0.6) is 0 Å². The highest BCUT2D eigenvalue weighted by atomic mass is 32.1. The summed E-state index contributed by atoms with van der Waals surface area (Å²) in [7, 11) is 0. The Morgan fingerprint density at radius 1 is 1.90 bits per heavy atom. The molecule has 1 rings (SSSR count). The Balaban J connectivity index is 2.77. The quantitative estimate of drug-likeness (QED) is 0.651. The third-order valence-electron chi connectivity index (χ3n) is 1.23. The van der Waals surface area contributed by atoms with E-state index in [9.17, 15) is 0 Å². The van der Waals surface area contributed by atoms with Gasteiger partial charge in [-0.1, -0.05) is 12.2 Å². The summed E-state index contributed by atoms with van der Waals surface area (Å²) in [6.45, 7) is 5.60. The molecular formula is C6H9N3S. The van der Waals surface area contributed by atoms with Gasteiger partial charge in [-0.25, -0.2) is 0 Å². The second kappa shape index (κ2) is 2.90. The fraction of sp³-hybridized carbons (Fsp3) is 0.333. The lowest BCUT2D eigenvalue weighted by atomic mass is 10.1. The minimum atomic E-state index is -0.154. The van der Waals surface area contributed by atoms with Crippen LogP contribution >= 0.6 is 11.7 Å². The average Bonchev–Trinajstić information content (AvgIpc) is 2.36. The molecule has 10 heavy (non-hydrogen) atoms. The van der Waals surface area contributed by atoms with Gasteiger partial charge in [-0.2, -0.15) is 8.75 Å². The number of hydrogen-bond donors (Lipinski definition) is 1. The van der Waals surface area contributed by atoms with Crippen molar-refractivity contribution < 1.29 is 0 Å². The Bertz CT molecular complexity index is 217. The zero-order chi connectivity index (χ0) is 7.56. The molecule has 0 bridgehead atoms. The van der Waals surface area contributed by atoms with Crippen molar-refractivity contribution in [1.82, 2.24) is 8.75 Å². The van der Waals surface area contributed by atoms with Crippen LogP contribution < -0.4 is 5.73 Å². The van der Waals surface area contributed by atoms with Crippen molar-refractivity contribution in [2.45, 2.75) is 13.0 Å². The van der Waals surface area contributed by atoms with Gasteiger partial charge >= 0.3 is 0 Å². The second-order valence-corrected chi connectivity index (χ2v) is 2.71. The minimum Gasteiger partial charge on any atom is -0.319 e. The van der Waals surface area contributed by atoms with Crippen LogP contribution in [-0.2, 0) is 0 Å². The summed E-state index contributed by atoms with van der Waals surface area (Å²) in [6.07, 6.45) is 1.67. The van der Waals surface area contributed by atoms with E-state index in [1.807, 2.05) is 6.92 Å². The standard InChI is InChI=1S/C6H9N3S/c1-4(2)6(7)5-3-8-10-9-5/h3,6H,1,7H2,2H3. The molecule has 0 saturated heterocycles. The van der Waals surface area contributed by atoms with Crippen LogP contribution in [0.25, 0.3) is 0 Å². The molecule has 0 fully saturated rings. The van der Waals surface area contributed by atoms with Crippen molar-refractivity contribution in [3.63, 3.8) is 0 Å². The second-order valence-electron chi connectivity index (χ2n) is 2.16. The van der Waals surface area contributed by atoms with Gasteiger partial charge in [0.05, 0.1) is 29.7 Å². The highest BCUT2D eigenvalue weighted by Gasteiger charge is 2.07. The Kier molecular flexibility index (Phi) is 2.13. The lowest BCUT2D eigenvalue weighted by molar-refractivity contribution is 0.825. The van der Waals surface area contributed by atoms with E-state index < -0.39 is 0 Å². The molecule has 1 heterocycles. The third-order valence-corrected chi connectivity index (χ3v) is 1.72. The largest absolute Gasteiger partial charge is 0.319 e. The van der Waals surface area contributed by atoms with Gasteiger partial charge in [-0.05, 0) is 6.92 Å². The van der Waals surface area contributed by atoms with Crippen LogP contribution in [0.4, 0.5) is 0 Å². The molecule has 0 aliphatic carbocycles. The van der Waals surface area contributed by atoms with E-state index in [2.05, 4.69) is 15.3 Å². The van der Waals surface area contributed by atoms with Crippen molar-refractivity contribution in [1.29, 1.82) is 0 Å². The summed E-state index contributed by atoms with van der Waals surface area (Å²) in [4.78, 5) is 0. The lowest BCUT2D eigenvalue weighted by Crippen LogP contribution is -2.10. The van der Waals surface area contributed by atoms with Gasteiger partial charge in [0, 0.05) is 0 Å². The maximum absolute atomic E-state index is 5.69. The molecule has 0 spiro atoms. The van der Waals surface area contributed by atoms with Crippen LogP contribution in [0, 0.1) is 0 Å². The molecular weight excluding hydrogens is 146 g/mol. The fourth-order valence-electron chi connectivity index (χ4n) is 0.561. The van der Waals surface area contributed by atoms with Crippen LogP contribution in [0.3, 0.4) is 0 Å². The van der Waals surface area contributed by atoms with E-state index in [1.54, 1.807) is 6.20 Å². The first kappa shape index (κ1) is 7.37. The SMILES string of the molecule is C=C(C)C(N)c1cnsn1. The van der Waals surface area contributed by atoms with Gasteiger partial charge in [-0.3, -0.25) is 0 Å². The predicted octanol–water partition coefficient (Wildman–Crippen LogP) is 1.11. The van der Waals surface area contributed by atoms with Crippen LogP contribution in [0.15, 0.2) is 18.3 Å². The van der Waals surface area contributed by atoms with Crippen LogP contribution in [0.2, 0.25) is 0 Å². The summed E-state index contributed by atoms with van der Waals surface area (Å²) < 4.78 is 7.82. The van der Waals surface area contributed by atoms with Gasteiger partial charge in [-0.15, -0.1) is 0 Å². The molecule has 54 valence electrons. The smallest absolute Gasteiger partial charge is 0.0951 e. The van der Waals surface area contributed by atoms with E-state index in [0.29, 0.717) is 0 Å². The molecule has 0 radical (unpaired) electrons. The summed E-state index contributed by atoms with van der Waals surface area (Å²) in [5, 5.41) is 0. The minimum absolute atomic E-state index is 0.154. The molecule has 1 atom stereocenters. The molecule has 0 aromatic carbocycles. The maximum atomic E-state index is 5.69. The number of nitrogens with two attached hydrogens (primary N) is 1. The van der Waals surface area contributed by atoms with Crippen molar-refractivity contribution in [2.24, 2.45) is 5.73 Å². The van der Waals surface area contributed by atoms with Crippen molar-refractivity contribution in [2.75, 3.05) is 0 Å². The Hall–Kier alpha value is -0.740. The zero-order valence-corrected chi connectivity index (χ0v) is 6.56. The van der Waals surface area contributed by atoms with Gasteiger partial charge in [0.15, 0.2) is 0 Å². The Morgan fingerprint density at radius 3 is 3.00 bits per heavy atom. The first-order valence-electron chi connectivity index (χ1n) is 2.90. The fourth-order valence-corrected chi connectivity index (χ4v) is 1.02. The van der Waals surface area contributed by atoms with Crippen LogP contribution in [0.1, 0.15) is 18.7 Å². The van der Waals surface area contributed by atoms with Crippen molar-refractivity contribution in [3.8, 4) is 0 Å². The number of rotatable bonds is 2. The Labute approximate surface area is 63.9 Å². The molecule has 0 saturated carbocycles.